The third-order valence-electron chi connectivity index (χ3n) is 4.96. The molecule has 0 saturated carbocycles. The first-order valence-electron chi connectivity index (χ1n) is 10.2. The van der Waals surface area contributed by atoms with E-state index in [2.05, 4.69) is 37.5 Å². The average Bonchev–Trinajstić information content (AvgIpc) is 3.51. The summed E-state index contributed by atoms with van der Waals surface area (Å²) in [6.07, 6.45) is 3.45. The minimum absolute atomic E-state index is 0.00167. The lowest BCUT2D eigenvalue weighted by Gasteiger charge is -2.10. The molecule has 2 aromatic carbocycles. The maximum atomic E-state index is 10.8. The van der Waals surface area contributed by atoms with Crippen LogP contribution in [0.2, 0.25) is 0 Å². The fourth-order valence-corrected chi connectivity index (χ4v) is 4.07. The van der Waals surface area contributed by atoms with E-state index in [4.69, 9.17) is 4.42 Å². The number of nitrogens with zero attached hydrogens (tertiary/aromatic N) is 7. The molecular formula is C23H17N7O3S. The Bertz CT molecular complexity index is 1400. The van der Waals surface area contributed by atoms with Gasteiger partial charge in [0.25, 0.3) is 5.69 Å². The van der Waals surface area contributed by atoms with Crippen LogP contribution in [0.1, 0.15) is 11.5 Å². The van der Waals surface area contributed by atoms with Crippen LogP contribution >= 0.6 is 11.8 Å². The highest BCUT2D eigenvalue weighted by atomic mass is 32.2. The Morgan fingerprint density at radius 2 is 1.65 bits per heavy atom. The Morgan fingerprint density at radius 1 is 0.882 bits per heavy atom. The van der Waals surface area contributed by atoms with E-state index in [0.29, 0.717) is 34.8 Å². The third kappa shape index (κ3) is 4.69. The minimum atomic E-state index is -0.453. The van der Waals surface area contributed by atoms with E-state index >= 15 is 0 Å². The average molecular weight is 472 g/mol. The predicted octanol–water partition coefficient (Wildman–Crippen LogP) is 4.64. The Kier molecular flexibility index (Phi) is 6.08. The van der Waals surface area contributed by atoms with Gasteiger partial charge >= 0.3 is 0 Å². The molecule has 5 aromatic rings. The highest BCUT2D eigenvalue weighted by Crippen LogP contribution is 2.28. The first kappa shape index (κ1) is 21.5. The molecule has 3 aromatic heterocycles. The van der Waals surface area contributed by atoms with Crippen molar-refractivity contribution in [3.05, 3.63) is 101 Å². The lowest BCUT2D eigenvalue weighted by Crippen LogP contribution is -2.04. The summed E-state index contributed by atoms with van der Waals surface area (Å²) < 4.78 is 7.81. The first-order chi connectivity index (χ1) is 16.7. The molecule has 0 aliphatic carbocycles. The van der Waals surface area contributed by atoms with Crippen LogP contribution in [0.15, 0.2) is 88.7 Å². The molecule has 3 heterocycles. The van der Waals surface area contributed by atoms with E-state index in [-0.39, 0.29) is 5.69 Å². The summed E-state index contributed by atoms with van der Waals surface area (Å²) in [6, 6.07) is 19.9. The van der Waals surface area contributed by atoms with Crippen molar-refractivity contribution in [1.82, 2.24) is 29.9 Å². The van der Waals surface area contributed by atoms with Crippen LogP contribution in [-0.2, 0) is 12.3 Å². The van der Waals surface area contributed by atoms with Gasteiger partial charge in [-0.2, -0.15) is 0 Å². The van der Waals surface area contributed by atoms with E-state index in [0.717, 1.165) is 17.0 Å². The highest BCUT2D eigenvalue weighted by molar-refractivity contribution is 7.98. The van der Waals surface area contributed by atoms with Crippen molar-refractivity contribution in [2.24, 2.45) is 0 Å². The Labute approximate surface area is 197 Å². The fraction of sp³-hybridized carbons (Fsp3) is 0.0870. The topological polar surface area (TPSA) is 126 Å². The second-order valence-electron chi connectivity index (χ2n) is 7.21. The lowest BCUT2D eigenvalue weighted by atomic mass is 10.2. The number of nitro benzene ring substituents is 1. The number of non-ortho nitro benzene ring substituents is 1. The summed E-state index contributed by atoms with van der Waals surface area (Å²) in [5.41, 5.74) is 2.66. The summed E-state index contributed by atoms with van der Waals surface area (Å²) >= 11 is 1.44. The van der Waals surface area contributed by atoms with E-state index in [1.54, 1.807) is 24.5 Å². The Morgan fingerprint density at radius 3 is 2.38 bits per heavy atom. The number of thioether (sulfide) groups is 1. The highest BCUT2D eigenvalue weighted by Gasteiger charge is 2.17. The molecule has 0 unspecified atom stereocenters. The molecule has 0 N–H and O–H groups in total. The fourth-order valence-electron chi connectivity index (χ4n) is 3.30. The molecule has 34 heavy (non-hydrogen) atoms. The first-order valence-corrected chi connectivity index (χ1v) is 11.2. The second-order valence-corrected chi connectivity index (χ2v) is 8.15. The van der Waals surface area contributed by atoms with E-state index < -0.39 is 4.92 Å². The summed E-state index contributed by atoms with van der Waals surface area (Å²) in [5.74, 6) is 1.85. The van der Waals surface area contributed by atoms with Crippen LogP contribution in [0.5, 0.6) is 0 Å². The molecule has 11 heteroatoms. The molecule has 5 rings (SSSR count). The molecule has 0 fully saturated rings. The molecule has 0 spiro atoms. The van der Waals surface area contributed by atoms with E-state index in [1.165, 1.54) is 23.9 Å². The quantitative estimate of drug-likeness (QED) is 0.181. The van der Waals surface area contributed by atoms with Crippen molar-refractivity contribution in [3.63, 3.8) is 0 Å². The molecular weight excluding hydrogens is 454 g/mol. The van der Waals surface area contributed by atoms with Crippen LogP contribution < -0.4 is 0 Å². The molecule has 0 aliphatic heterocycles. The van der Waals surface area contributed by atoms with Gasteiger partial charge in [0.05, 0.1) is 17.2 Å². The van der Waals surface area contributed by atoms with Gasteiger partial charge in [0.15, 0.2) is 11.0 Å². The maximum Gasteiger partial charge on any atom is 0.269 e. The zero-order valence-corrected chi connectivity index (χ0v) is 18.5. The largest absolute Gasteiger partial charge is 0.420 e. The third-order valence-corrected chi connectivity index (χ3v) is 5.91. The number of pyridine rings is 1. The molecule has 168 valence electrons. The zero-order chi connectivity index (χ0) is 23.3. The van der Waals surface area contributed by atoms with Crippen molar-refractivity contribution in [2.45, 2.75) is 17.5 Å². The summed E-state index contributed by atoms with van der Waals surface area (Å²) in [7, 11) is 0. The van der Waals surface area contributed by atoms with Gasteiger partial charge in [0.2, 0.25) is 11.8 Å². The summed E-state index contributed by atoms with van der Waals surface area (Å²) in [4.78, 5) is 14.5. The second kappa shape index (κ2) is 9.63. The molecule has 0 bridgehead atoms. The number of benzene rings is 2. The van der Waals surface area contributed by atoms with Gasteiger partial charge in [0.1, 0.15) is 0 Å². The van der Waals surface area contributed by atoms with Gasteiger partial charge in [-0.05, 0) is 29.8 Å². The van der Waals surface area contributed by atoms with E-state index in [1.807, 2.05) is 34.9 Å². The summed E-state index contributed by atoms with van der Waals surface area (Å²) in [5, 5.41) is 28.5. The Hall–Kier alpha value is -4.38. The van der Waals surface area contributed by atoms with Crippen molar-refractivity contribution in [1.29, 1.82) is 0 Å². The molecule has 0 aliphatic rings. The number of nitro groups is 1. The normalized spacial score (nSPS) is 10.9. The summed E-state index contributed by atoms with van der Waals surface area (Å²) in [6.45, 7) is 0.603. The lowest BCUT2D eigenvalue weighted by molar-refractivity contribution is -0.384. The molecule has 0 saturated heterocycles. The van der Waals surface area contributed by atoms with Crippen molar-refractivity contribution in [3.8, 4) is 22.8 Å². The van der Waals surface area contributed by atoms with Gasteiger partial charge in [-0.3, -0.25) is 19.7 Å². The number of hydrogen-bond acceptors (Lipinski definition) is 9. The standard InChI is InChI=1S/C23H17N7O3S/c31-30(32)19-8-6-18(7-9-19)22-27-25-20(33-22)15-34-23-28-26-21(17-10-12-24-13-11-17)29(23)14-16-4-2-1-3-5-16/h1-13H,14-15H2. The number of hydrogen-bond donors (Lipinski definition) is 0. The molecule has 10 nitrogen and oxygen atoms in total. The monoisotopic (exact) mass is 471 g/mol. The van der Waals surface area contributed by atoms with Gasteiger partial charge in [-0.25, -0.2) is 0 Å². The predicted molar refractivity (Wildman–Crippen MR) is 125 cm³/mol. The van der Waals surface area contributed by atoms with Gasteiger partial charge < -0.3 is 4.42 Å². The minimum Gasteiger partial charge on any atom is -0.420 e. The van der Waals surface area contributed by atoms with Gasteiger partial charge in [-0.1, -0.05) is 42.1 Å². The van der Waals surface area contributed by atoms with Gasteiger partial charge in [-0.15, -0.1) is 20.4 Å². The van der Waals surface area contributed by atoms with Gasteiger partial charge in [0, 0.05) is 35.7 Å². The molecule has 0 atom stereocenters. The maximum absolute atomic E-state index is 10.8. The van der Waals surface area contributed by atoms with Crippen molar-refractivity contribution < 1.29 is 9.34 Å². The SMILES string of the molecule is O=[N+]([O-])c1ccc(-c2nnc(CSc3nnc(-c4ccncc4)n3Cc3ccccc3)o2)cc1. The van der Waals surface area contributed by atoms with Crippen LogP contribution in [0, 0.1) is 10.1 Å². The van der Waals surface area contributed by atoms with Crippen LogP contribution in [0.3, 0.4) is 0 Å². The number of aromatic nitrogens is 6. The zero-order valence-electron chi connectivity index (χ0n) is 17.7. The van der Waals surface area contributed by atoms with Crippen LogP contribution in [0.4, 0.5) is 5.69 Å². The number of rotatable bonds is 8. The molecule has 0 amide bonds. The van der Waals surface area contributed by atoms with E-state index in [9.17, 15) is 10.1 Å². The smallest absolute Gasteiger partial charge is 0.269 e. The van der Waals surface area contributed by atoms with Crippen molar-refractivity contribution >= 4 is 17.4 Å². The molecule has 0 radical (unpaired) electrons. The van der Waals surface area contributed by atoms with Crippen LogP contribution in [0.25, 0.3) is 22.8 Å². The van der Waals surface area contributed by atoms with Crippen molar-refractivity contribution in [2.75, 3.05) is 0 Å². The Balaban J connectivity index is 1.36. The van der Waals surface area contributed by atoms with Crippen LogP contribution in [-0.4, -0.2) is 34.9 Å².